The van der Waals surface area contributed by atoms with Gasteiger partial charge in [0.15, 0.2) is 16.7 Å². The molecule has 2 aromatic carbocycles. The van der Waals surface area contributed by atoms with Gasteiger partial charge in [0.05, 0.1) is 17.7 Å². The zero-order valence-corrected chi connectivity index (χ0v) is 16.0. The fourth-order valence-electron chi connectivity index (χ4n) is 2.82. The highest BCUT2D eigenvalue weighted by atomic mass is 32.2. The van der Waals surface area contributed by atoms with E-state index in [0.717, 1.165) is 34.8 Å². The van der Waals surface area contributed by atoms with E-state index in [1.807, 2.05) is 12.3 Å². The number of sulfonamides is 1. The number of fused-ring (bicyclic) bond motifs is 1. The Balaban J connectivity index is 1.61. The lowest BCUT2D eigenvalue weighted by Crippen LogP contribution is -2.13. The van der Waals surface area contributed by atoms with Gasteiger partial charge in [-0.05, 0) is 30.3 Å². The van der Waals surface area contributed by atoms with Gasteiger partial charge in [-0.3, -0.25) is 4.72 Å². The summed E-state index contributed by atoms with van der Waals surface area (Å²) in [4.78, 5) is 4.40. The molecule has 3 aromatic rings. The Morgan fingerprint density at radius 1 is 1.26 bits per heavy atom. The van der Waals surface area contributed by atoms with E-state index in [4.69, 9.17) is 4.74 Å². The zero-order chi connectivity index (χ0) is 19.0. The van der Waals surface area contributed by atoms with Gasteiger partial charge in [-0.1, -0.05) is 23.9 Å². The van der Waals surface area contributed by atoms with E-state index < -0.39 is 15.8 Å². The van der Waals surface area contributed by atoms with Crippen LogP contribution in [0.25, 0.3) is 11.3 Å². The number of aryl methyl sites for hydroxylation is 1. The van der Waals surface area contributed by atoms with Crippen LogP contribution < -0.4 is 9.46 Å². The molecule has 0 radical (unpaired) electrons. The third kappa shape index (κ3) is 3.52. The maximum Gasteiger partial charge on any atom is 0.262 e. The van der Waals surface area contributed by atoms with Crippen molar-refractivity contribution in [3.05, 3.63) is 54.5 Å². The molecule has 0 fully saturated rings. The van der Waals surface area contributed by atoms with Crippen molar-refractivity contribution in [1.82, 2.24) is 9.55 Å². The molecule has 0 saturated heterocycles. The fraction of sp³-hybridized carbons (Fsp3) is 0.167. The highest BCUT2D eigenvalue weighted by molar-refractivity contribution is 7.99. The zero-order valence-electron chi connectivity index (χ0n) is 14.3. The Hall–Kier alpha value is -2.52. The first-order valence-electron chi connectivity index (χ1n) is 8.13. The molecule has 0 saturated carbocycles. The van der Waals surface area contributed by atoms with Crippen molar-refractivity contribution in [2.75, 3.05) is 17.6 Å². The van der Waals surface area contributed by atoms with Crippen LogP contribution in [0.15, 0.2) is 58.7 Å². The van der Waals surface area contributed by atoms with Gasteiger partial charge in [-0.15, -0.1) is 0 Å². The summed E-state index contributed by atoms with van der Waals surface area (Å²) in [5.41, 5.74) is 1.97. The van der Waals surface area contributed by atoms with Crippen LogP contribution in [0, 0.1) is 5.82 Å². The number of benzene rings is 2. The van der Waals surface area contributed by atoms with Crippen LogP contribution in [0.1, 0.15) is 0 Å². The van der Waals surface area contributed by atoms with Gasteiger partial charge in [0.1, 0.15) is 0 Å². The second-order valence-corrected chi connectivity index (χ2v) is 8.68. The van der Waals surface area contributed by atoms with Gasteiger partial charge in [-0.25, -0.2) is 17.8 Å². The van der Waals surface area contributed by atoms with Crippen molar-refractivity contribution in [2.24, 2.45) is 0 Å². The highest BCUT2D eigenvalue weighted by Gasteiger charge is 2.18. The molecular weight excluding hydrogens is 389 g/mol. The van der Waals surface area contributed by atoms with Gasteiger partial charge >= 0.3 is 0 Å². The number of methoxy groups -OCH3 is 1. The monoisotopic (exact) mass is 405 g/mol. The molecule has 2 heterocycles. The molecule has 1 aliphatic rings. The second kappa shape index (κ2) is 6.90. The average Bonchev–Trinajstić information content (AvgIpc) is 3.23. The highest BCUT2D eigenvalue weighted by Crippen LogP contribution is 2.30. The van der Waals surface area contributed by atoms with Crippen molar-refractivity contribution in [1.29, 1.82) is 0 Å². The number of nitrogens with zero attached hydrogens (tertiary/aromatic N) is 2. The lowest BCUT2D eigenvalue weighted by molar-refractivity contribution is 0.385. The van der Waals surface area contributed by atoms with Crippen LogP contribution in [-0.2, 0) is 16.6 Å². The van der Waals surface area contributed by atoms with E-state index in [0.29, 0.717) is 5.69 Å². The number of hydrogen-bond donors (Lipinski definition) is 1. The van der Waals surface area contributed by atoms with Crippen LogP contribution in [-0.4, -0.2) is 30.8 Å². The SMILES string of the molecule is COc1ccc(S(=O)(=O)Nc2cccc(-c3cn4c(n3)SCC4)c2)cc1F. The van der Waals surface area contributed by atoms with E-state index in [-0.39, 0.29) is 10.6 Å². The minimum atomic E-state index is -3.93. The van der Waals surface area contributed by atoms with Gasteiger partial charge in [0.25, 0.3) is 10.0 Å². The molecule has 0 unspecified atom stereocenters. The first-order valence-corrected chi connectivity index (χ1v) is 10.6. The number of nitrogens with one attached hydrogen (secondary N) is 1. The molecule has 6 nitrogen and oxygen atoms in total. The van der Waals surface area contributed by atoms with Crippen LogP contribution in [0.5, 0.6) is 5.75 Å². The van der Waals surface area contributed by atoms with Gasteiger partial charge in [-0.2, -0.15) is 0 Å². The molecule has 0 amide bonds. The summed E-state index contributed by atoms with van der Waals surface area (Å²) in [5, 5.41) is 0.963. The molecule has 1 aliphatic heterocycles. The van der Waals surface area contributed by atoms with Crippen molar-refractivity contribution >= 4 is 27.5 Å². The fourth-order valence-corrected chi connectivity index (χ4v) is 4.82. The largest absolute Gasteiger partial charge is 0.494 e. The minimum Gasteiger partial charge on any atom is -0.494 e. The molecule has 140 valence electrons. The summed E-state index contributed by atoms with van der Waals surface area (Å²) in [6, 6.07) is 10.5. The summed E-state index contributed by atoms with van der Waals surface area (Å²) < 4.78 is 48.4. The quantitative estimate of drug-likeness (QED) is 0.702. The molecule has 0 atom stereocenters. The minimum absolute atomic E-state index is 0.0124. The molecular formula is C18H16FN3O3S2. The van der Waals surface area contributed by atoms with Crippen LogP contribution in [0.2, 0.25) is 0 Å². The molecule has 4 rings (SSSR count). The third-order valence-electron chi connectivity index (χ3n) is 4.15. The van der Waals surface area contributed by atoms with Crippen LogP contribution >= 0.6 is 11.8 Å². The number of rotatable bonds is 5. The standard InChI is InChI=1S/C18H16FN3O3S2/c1-25-17-6-5-14(10-15(17)19)27(23,24)21-13-4-2-3-12(9-13)16-11-22-7-8-26-18(22)20-16/h2-6,9-11,21H,7-8H2,1H3. The molecule has 0 bridgehead atoms. The van der Waals surface area contributed by atoms with E-state index in [1.54, 1.807) is 30.0 Å². The van der Waals surface area contributed by atoms with Crippen molar-refractivity contribution < 1.29 is 17.5 Å². The van der Waals surface area contributed by atoms with Crippen LogP contribution in [0.3, 0.4) is 0 Å². The van der Waals surface area contributed by atoms with E-state index in [9.17, 15) is 12.8 Å². The molecule has 0 aliphatic carbocycles. The van der Waals surface area contributed by atoms with E-state index in [1.165, 1.54) is 19.2 Å². The first-order chi connectivity index (χ1) is 13.0. The predicted molar refractivity (Wildman–Crippen MR) is 102 cm³/mol. The maximum absolute atomic E-state index is 13.9. The number of imidazole rings is 1. The number of aromatic nitrogens is 2. The molecule has 0 spiro atoms. The van der Waals surface area contributed by atoms with Gasteiger partial charge < -0.3 is 9.30 Å². The number of ether oxygens (including phenoxy) is 1. The second-order valence-electron chi connectivity index (χ2n) is 5.93. The van der Waals surface area contributed by atoms with Crippen LogP contribution in [0.4, 0.5) is 10.1 Å². The molecule has 1 aromatic heterocycles. The normalized spacial score (nSPS) is 13.4. The summed E-state index contributed by atoms with van der Waals surface area (Å²) in [5.74, 6) is 0.265. The average molecular weight is 405 g/mol. The Kier molecular flexibility index (Phi) is 4.56. The number of anilines is 1. The Labute approximate surface area is 160 Å². The first kappa shape index (κ1) is 17.9. The molecule has 1 N–H and O–H groups in total. The van der Waals surface area contributed by atoms with E-state index >= 15 is 0 Å². The number of hydrogen-bond acceptors (Lipinski definition) is 5. The number of thioether (sulfide) groups is 1. The lowest BCUT2D eigenvalue weighted by atomic mass is 10.1. The summed E-state index contributed by atoms with van der Waals surface area (Å²) >= 11 is 1.69. The summed E-state index contributed by atoms with van der Waals surface area (Å²) in [6.07, 6.45) is 1.96. The Morgan fingerprint density at radius 3 is 2.85 bits per heavy atom. The lowest BCUT2D eigenvalue weighted by Gasteiger charge is -2.10. The number of halogens is 1. The smallest absolute Gasteiger partial charge is 0.262 e. The topological polar surface area (TPSA) is 73.2 Å². The van der Waals surface area contributed by atoms with Gasteiger partial charge in [0, 0.05) is 29.7 Å². The third-order valence-corrected chi connectivity index (χ3v) is 6.50. The molecule has 27 heavy (non-hydrogen) atoms. The maximum atomic E-state index is 13.9. The van der Waals surface area contributed by atoms with E-state index in [2.05, 4.69) is 14.3 Å². The van der Waals surface area contributed by atoms with Crippen molar-refractivity contribution in [3.8, 4) is 17.0 Å². The predicted octanol–water partition coefficient (Wildman–Crippen LogP) is 3.60. The Bertz CT molecular complexity index is 1090. The molecule has 9 heteroatoms. The van der Waals surface area contributed by atoms with Gasteiger partial charge in [0.2, 0.25) is 0 Å². The summed E-state index contributed by atoms with van der Waals surface area (Å²) in [7, 11) is -2.61. The van der Waals surface area contributed by atoms with Crippen molar-refractivity contribution in [2.45, 2.75) is 16.6 Å². The van der Waals surface area contributed by atoms with Crippen molar-refractivity contribution in [3.63, 3.8) is 0 Å². The summed E-state index contributed by atoms with van der Waals surface area (Å²) in [6.45, 7) is 0.919. The Morgan fingerprint density at radius 2 is 2.11 bits per heavy atom.